The molecular formula is C6H11BINOS. The SMILES string of the molecule is O=BSN1CCC(CI)CC1. The fraction of sp³-hybridized carbons (Fsp3) is 1.00. The Balaban J connectivity index is 2.18. The Hall–Kier alpha value is 0.905. The molecule has 0 atom stereocenters. The molecule has 0 aliphatic carbocycles. The van der Waals surface area contributed by atoms with Crippen molar-refractivity contribution in [2.24, 2.45) is 5.92 Å². The molecule has 0 amide bonds. The number of rotatable bonds is 3. The van der Waals surface area contributed by atoms with Gasteiger partial charge in [-0.15, -0.1) is 0 Å². The molecular weight excluding hydrogens is 272 g/mol. The molecule has 0 radical (unpaired) electrons. The van der Waals surface area contributed by atoms with Crippen molar-refractivity contribution in [3.63, 3.8) is 0 Å². The van der Waals surface area contributed by atoms with Gasteiger partial charge < -0.3 is 0 Å². The third-order valence-electron chi connectivity index (χ3n) is 1.98. The molecule has 1 saturated heterocycles. The van der Waals surface area contributed by atoms with Gasteiger partial charge in [0.05, 0.1) is 0 Å². The van der Waals surface area contributed by atoms with Gasteiger partial charge in [0.1, 0.15) is 0 Å². The Bertz CT molecular complexity index is 130. The molecule has 1 fully saturated rings. The first-order valence-corrected chi connectivity index (χ1v) is 6.14. The molecule has 1 aliphatic heterocycles. The average Bonchev–Trinajstić information content (AvgIpc) is 2.07. The fourth-order valence-corrected chi connectivity index (χ4v) is 2.65. The number of halogens is 1. The summed E-state index contributed by atoms with van der Waals surface area (Å²) in [7, 11) is 0. The third kappa shape index (κ3) is 3.42. The molecule has 0 N–H and O–H groups in total. The van der Waals surface area contributed by atoms with Crippen LogP contribution in [0.5, 0.6) is 0 Å². The summed E-state index contributed by atoms with van der Waals surface area (Å²) < 4.78 is 13.6. The zero-order valence-electron chi connectivity index (χ0n) is 6.33. The van der Waals surface area contributed by atoms with Crippen molar-refractivity contribution < 1.29 is 4.70 Å². The average molecular weight is 283 g/mol. The van der Waals surface area contributed by atoms with E-state index in [4.69, 9.17) is 0 Å². The summed E-state index contributed by atoms with van der Waals surface area (Å²) in [5.74, 6) is 0.888. The van der Waals surface area contributed by atoms with E-state index in [1.165, 1.54) is 29.1 Å². The van der Waals surface area contributed by atoms with Crippen LogP contribution in [0.25, 0.3) is 0 Å². The Morgan fingerprint density at radius 3 is 2.64 bits per heavy atom. The predicted molar refractivity (Wildman–Crippen MR) is 57.2 cm³/mol. The van der Waals surface area contributed by atoms with Crippen molar-refractivity contribution in [1.29, 1.82) is 0 Å². The summed E-state index contributed by atoms with van der Waals surface area (Å²) in [6.45, 7) is 2.16. The van der Waals surface area contributed by atoms with Crippen LogP contribution in [0.3, 0.4) is 0 Å². The third-order valence-corrected chi connectivity index (χ3v) is 3.98. The first-order chi connectivity index (χ1) is 5.36. The number of hydrogen-bond donors (Lipinski definition) is 0. The van der Waals surface area contributed by atoms with E-state index in [1.54, 1.807) is 0 Å². The second-order valence-electron chi connectivity index (χ2n) is 2.73. The first kappa shape index (κ1) is 9.99. The van der Waals surface area contributed by atoms with Gasteiger partial charge in [0.15, 0.2) is 0 Å². The van der Waals surface area contributed by atoms with Gasteiger partial charge in [-0.1, -0.05) is 0 Å². The summed E-state index contributed by atoms with van der Waals surface area (Å²) in [5.41, 5.74) is 0. The zero-order chi connectivity index (χ0) is 8.10. The molecule has 1 heterocycles. The molecule has 0 bridgehead atoms. The van der Waals surface area contributed by atoms with Crippen LogP contribution in [0.2, 0.25) is 0 Å². The van der Waals surface area contributed by atoms with Crippen LogP contribution in [-0.2, 0) is 4.70 Å². The van der Waals surface area contributed by atoms with Gasteiger partial charge in [-0.25, -0.2) is 0 Å². The van der Waals surface area contributed by atoms with Crippen molar-refractivity contribution in [3.05, 3.63) is 0 Å². The van der Waals surface area contributed by atoms with Crippen molar-refractivity contribution in [1.82, 2.24) is 4.31 Å². The van der Waals surface area contributed by atoms with Gasteiger partial charge in [-0.2, -0.15) is 0 Å². The Labute approximate surface area is 85.9 Å². The number of hydrogen-bond acceptors (Lipinski definition) is 3. The number of nitrogens with zero attached hydrogens (tertiary/aromatic N) is 1. The molecule has 11 heavy (non-hydrogen) atoms. The Morgan fingerprint density at radius 1 is 1.55 bits per heavy atom. The van der Waals surface area contributed by atoms with Gasteiger partial charge in [-0.05, 0) is 0 Å². The van der Waals surface area contributed by atoms with E-state index >= 15 is 0 Å². The topological polar surface area (TPSA) is 20.3 Å². The van der Waals surface area contributed by atoms with Gasteiger partial charge in [0.25, 0.3) is 0 Å². The standard InChI is InChI=1S/C6H11BINOS/c8-5-6-1-3-9(4-2-6)11-7-10/h6H,1-5H2. The molecule has 0 aromatic rings. The van der Waals surface area contributed by atoms with Crippen LogP contribution in [0, 0.1) is 5.92 Å². The maximum absolute atomic E-state index is 10.1. The molecule has 0 unspecified atom stereocenters. The molecule has 1 aliphatic rings. The molecule has 1 rings (SSSR count). The quantitative estimate of drug-likeness (QED) is 0.340. The van der Waals surface area contributed by atoms with Crippen LogP contribution in [-0.4, -0.2) is 28.3 Å². The van der Waals surface area contributed by atoms with Crippen molar-refractivity contribution in [2.75, 3.05) is 17.5 Å². The zero-order valence-corrected chi connectivity index (χ0v) is 9.31. The molecule has 62 valence electrons. The van der Waals surface area contributed by atoms with Crippen LogP contribution in [0.1, 0.15) is 12.8 Å². The molecule has 0 aromatic heterocycles. The van der Waals surface area contributed by atoms with E-state index in [1.807, 2.05) is 0 Å². The summed E-state index contributed by atoms with van der Waals surface area (Å²) >= 11 is 3.76. The van der Waals surface area contributed by atoms with Gasteiger partial charge >= 0.3 is 86.1 Å². The van der Waals surface area contributed by atoms with E-state index in [0.29, 0.717) is 0 Å². The van der Waals surface area contributed by atoms with E-state index in [-0.39, 0.29) is 0 Å². The van der Waals surface area contributed by atoms with E-state index < -0.39 is 0 Å². The molecule has 0 spiro atoms. The minimum absolute atomic E-state index is 0.888. The summed E-state index contributed by atoms with van der Waals surface area (Å²) in [4.78, 5) is 0. The Morgan fingerprint density at radius 2 is 2.18 bits per heavy atom. The second kappa shape index (κ2) is 5.53. The summed E-state index contributed by atoms with van der Waals surface area (Å²) in [5, 5.41) is 0. The van der Waals surface area contributed by atoms with E-state index in [2.05, 4.69) is 26.9 Å². The van der Waals surface area contributed by atoms with Gasteiger partial charge in [-0.3, -0.25) is 0 Å². The van der Waals surface area contributed by atoms with Crippen LogP contribution >= 0.6 is 34.4 Å². The van der Waals surface area contributed by atoms with Gasteiger partial charge in [0.2, 0.25) is 0 Å². The molecule has 5 heteroatoms. The normalized spacial score (nSPS) is 21.5. The van der Waals surface area contributed by atoms with Crippen LogP contribution in [0.4, 0.5) is 0 Å². The summed E-state index contributed by atoms with van der Waals surface area (Å²) in [6.07, 6.45) is 3.43. The van der Waals surface area contributed by atoms with Crippen molar-refractivity contribution in [2.45, 2.75) is 12.8 Å². The predicted octanol–water partition coefficient (Wildman–Crippen LogP) is 1.75. The number of alkyl halides is 1. The van der Waals surface area contributed by atoms with Gasteiger partial charge in [0, 0.05) is 0 Å². The fourth-order valence-electron chi connectivity index (χ4n) is 1.23. The molecule has 0 saturated carbocycles. The van der Waals surface area contributed by atoms with E-state index in [9.17, 15) is 4.70 Å². The summed E-state index contributed by atoms with van der Waals surface area (Å²) in [6, 6.07) is 0. The van der Waals surface area contributed by atoms with Crippen LogP contribution < -0.4 is 0 Å². The Kier molecular flexibility index (Phi) is 5.02. The van der Waals surface area contributed by atoms with E-state index in [0.717, 1.165) is 25.4 Å². The van der Waals surface area contributed by atoms with Crippen molar-refractivity contribution >= 4 is 40.8 Å². The minimum atomic E-state index is 0.888. The number of piperidine rings is 1. The van der Waals surface area contributed by atoms with Crippen LogP contribution in [0.15, 0.2) is 0 Å². The monoisotopic (exact) mass is 283 g/mol. The second-order valence-corrected chi connectivity index (χ2v) is 4.53. The molecule has 0 aromatic carbocycles. The first-order valence-electron chi connectivity index (χ1n) is 3.78. The molecule has 2 nitrogen and oxygen atoms in total. The maximum atomic E-state index is 10.1. The van der Waals surface area contributed by atoms with Crippen molar-refractivity contribution in [3.8, 4) is 0 Å².